The molecule has 0 bridgehead atoms. The Morgan fingerprint density at radius 1 is 1.08 bits per heavy atom. The summed E-state index contributed by atoms with van der Waals surface area (Å²) < 4.78 is 1.83. The number of amides is 1. The van der Waals surface area contributed by atoms with Gasteiger partial charge in [0, 0.05) is 37.9 Å². The largest absolute Gasteiger partial charge is 0.353 e. The highest BCUT2D eigenvalue weighted by molar-refractivity contribution is 7.12. The first-order chi connectivity index (χ1) is 12.6. The molecule has 26 heavy (non-hydrogen) atoms. The van der Waals surface area contributed by atoms with E-state index in [2.05, 4.69) is 20.0 Å². The van der Waals surface area contributed by atoms with E-state index in [0.29, 0.717) is 13.1 Å². The van der Waals surface area contributed by atoms with Gasteiger partial charge in [-0.1, -0.05) is 6.07 Å². The number of carbonyl (C=O) groups excluding carboxylic acids is 1. The molecule has 4 rings (SSSR count). The molecule has 8 heteroatoms. The van der Waals surface area contributed by atoms with Crippen molar-refractivity contribution in [1.82, 2.24) is 24.6 Å². The molecule has 0 aromatic carbocycles. The van der Waals surface area contributed by atoms with E-state index in [4.69, 9.17) is 0 Å². The van der Waals surface area contributed by atoms with Crippen LogP contribution in [0.5, 0.6) is 0 Å². The number of piperazine rings is 1. The lowest BCUT2D eigenvalue weighted by molar-refractivity contribution is 0.0751. The molecule has 0 radical (unpaired) electrons. The maximum absolute atomic E-state index is 12.5. The van der Waals surface area contributed by atoms with Crippen molar-refractivity contribution in [2.75, 3.05) is 31.1 Å². The van der Waals surface area contributed by atoms with Crippen LogP contribution in [0, 0.1) is 13.8 Å². The predicted molar refractivity (Wildman–Crippen MR) is 101 cm³/mol. The summed E-state index contributed by atoms with van der Waals surface area (Å²) in [5, 5.41) is 6.42. The van der Waals surface area contributed by atoms with Crippen LogP contribution in [0.25, 0.3) is 5.82 Å². The van der Waals surface area contributed by atoms with Crippen LogP contribution in [-0.2, 0) is 0 Å². The van der Waals surface area contributed by atoms with Gasteiger partial charge in [0.05, 0.1) is 10.6 Å². The summed E-state index contributed by atoms with van der Waals surface area (Å²) in [5.41, 5.74) is 2.00. The number of aromatic nitrogens is 4. The van der Waals surface area contributed by atoms with Gasteiger partial charge in [-0.3, -0.25) is 4.79 Å². The number of anilines is 1. The van der Waals surface area contributed by atoms with Crippen molar-refractivity contribution in [2.24, 2.45) is 0 Å². The summed E-state index contributed by atoms with van der Waals surface area (Å²) in [7, 11) is 0. The quantitative estimate of drug-likeness (QED) is 0.710. The zero-order valence-corrected chi connectivity index (χ0v) is 15.6. The van der Waals surface area contributed by atoms with Gasteiger partial charge in [0.25, 0.3) is 5.91 Å². The lowest BCUT2D eigenvalue weighted by Gasteiger charge is -2.35. The van der Waals surface area contributed by atoms with Crippen LogP contribution in [0.3, 0.4) is 0 Å². The molecule has 0 atom stereocenters. The van der Waals surface area contributed by atoms with Crippen LogP contribution in [0.1, 0.15) is 21.1 Å². The monoisotopic (exact) mass is 368 g/mol. The first kappa shape index (κ1) is 16.7. The average molecular weight is 368 g/mol. The minimum Gasteiger partial charge on any atom is -0.353 e. The van der Waals surface area contributed by atoms with Crippen molar-refractivity contribution in [3.63, 3.8) is 0 Å². The van der Waals surface area contributed by atoms with Gasteiger partial charge in [-0.05, 0) is 31.4 Å². The highest BCUT2D eigenvalue weighted by Gasteiger charge is 2.23. The molecular weight excluding hydrogens is 348 g/mol. The molecule has 134 valence electrons. The number of nitrogens with zero attached hydrogens (tertiary/aromatic N) is 6. The van der Waals surface area contributed by atoms with E-state index in [9.17, 15) is 4.79 Å². The zero-order valence-electron chi connectivity index (χ0n) is 14.8. The maximum atomic E-state index is 12.5. The summed E-state index contributed by atoms with van der Waals surface area (Å²) in [6, 6.07) is 7.77. The van der Waals surface area contributed by atoms with Crippen molar-refractivity contribution in [3.8, 4) is 5.82 Å². The van der Waals surface area contributed by atoms with Crippen molar-refractivity contribution in [1.29, 1.82) is 0 Å². The van der Waals surface area contributed by atoms with Crippen LogP contribution in [0.2, 0.25) is 0 Å². The van der Waals surface area contributed by atoms with Crippen molar-refractivity contribution >= 4 is 23.1 Å². The molecule has 7 nitrogen and oxygen atoms in total. The molecule has 4 heterocycles. The number of aryl methyl sites for hydroxylation is 2. The lowest BCUT2D eigenvalue weighted by atomic mass is 10.3. The third-order valence-electron chi connectivity index (χ3n) is 4.49. The maximum Gasteiger partial charge on any atom is 0.264 e. The number of rotatable bonds is 3. The van der Waals surface area contributed by atoms with E-state index in [-0.39, 0.29) is 5.91 Å². The van der Waals surface area contributed by atoms with Crippen LogP contribution in [-0.4, -0.2) is 56.7 Å². The Hall–Kier alpha value is -2.74. The second-order valence-electron chi connectivity index (χ2n) is 6.33. The van der Waals surface area contributed by atoms with Gasteiger partial charge in [-0.25, -0.2) is 14.6 Å². The van der Waals surface area contributed by atoms with Crippen LogP contribution in [0.15, 0.2) is 36.0 Å². The fourth-order valence-corrected chi connectivity index (χ4v) is 3.87. The Labute approximate surface area is 155 Å². The smallest absolute Gasteiger partial charge is 0.264 e. The van der Waals surface area contributed by atoms with Crippen molar-refractivity contribution < 1.29 is 4.79 Å². The number of hydrogen-bond acceptors (Lipinski definition) is 6. The summed E-state index contributed by atoms with van der Waals surface area (Å²) in [4.78, 5) is 26.1. The molecule has 1 amide bonds. The lowest BCUT2D eigenvalue weighted by Crippen LogP contribution is -2.48. The first-order valence-corrected chi connectivity index (χ1v) is 9.43. The third-order valence-corrected chi connectivity index (χ3v) is 5.35. The first-order valence-electron chi connectivity index (χ1n) is 8.55. The second kappa shape index (κ2) is 6.87. The van der Waals surface area contributed by atoms with Gasteiger partial charge in [-0.2, -0.15) is 5.10 Å². The SMILES string of the molecule is Cc1cc(C)n(-c2cc(N3CCN(C(=O)c4cccs4)CC3)ncn2)n1. The molecule has 0 spiro atoms. The predicted octanol–water partition coefficient (Wildman–Crippen LogP) is 2.30. The van der Waals surface area contributed by atoms with E-state index < -0.39 is 0 Å². The summed E-state index contributed by atoms with van der Waals surface area (Å²) in [6.45, 7) is 6.87. The van der Waals surface area contributed by atoms with E-state index in [1.54, 1.807) is 6.33 Å². The summed E-state index contributed by atoms with van der Waals surface area (Å²) >= 11 is 1.49. The van der Waals surface area contributed by atoms with Crippen LogP contribution in [0.4, 0.5) is 5.82 Å². The molecule has 1 aliphatic rings. The van der Waals surface area contributed by atoms with Crippen molar-refractivity contribution in [2.45, 2.75) is 13.8 Å². The molecule has 1 saturated heterocycles. The highest BCUT2D eigenvalue weighted by atomic mass is 32.1. The Morgan fingerprint density at radius 3 is 2.50 bits per heavy atom. The van der Waals surface area contributed by atoms with Crippen molar-refractivity contribution in [3.05, 3.63) is 52.2 Å². The molecule has 3 aromatic heterocycles. The minimum absolute atomic E-state index is 0.116. The molecule has 1 fully saturated rings. The van der Waals surface area contributed by atoms with Gasteiger partial charge in [0.1, 0.15) is 12.1 Å². The summed E-state index contributed by atoms with van der Waals surface area (Å²) in [5.74, 6) is 1.74. The van der Waals surface area contributed by atoms with E-state index in [1.165, 1.54) is 11.3 Å². The molecule has 0 unspecified atom stereocenters. The second-order valence-corrected chi connectivity index (χ2v) is 7.28. The average Bonchev–Trinajstić information content (AvgIpc) is 3.31. The van der Waals surface area contributed by atoms with Crippen LogP contribution < -0.4 is 4.90 Å². The highest BCUT2D eigenvalue weighted by Crippen LogP contribution is 2.19. The molecular formula is C18H20N6OS. The molecule has 3 aromatic rings. The molecule has 0 N–H and O–H groups in total. The zero-order chi connectivity index (χ0) is 18.1. The minimum atomic E-state index is 0.116. The Bertz CT molecular complexity index is 912. The number of carbonyl (C=O) groups is 1. The molecule has 1 aliphatic heterocycles. The fraction of sp³-hybridized carbons (Fsp3) is 0.333. The standard InChI is InChI=1S/C18H20N6OS/c1-13-10-14(2)24(21-13)17-11-16(19-12-20-17)22-5-7-23(8-6-22)18(25)15-4-3-9-26-15/h3-4,9-12H,5-8H2,1-2H3. The van der Waals surface area contributed by atoms with E-state index >= 15 is 0 Å². The van der Waals surface area contributed by atoms with Gasteiger partial charge < -0.3 is 9.80 Å². The Balaban J connectivity index is 1.47. The van der Waals surface area contributed by atoms with E-state index in [0.717, 1.165) is 41.0 Å². The summed E-state index contributed by atoms with van der Waals surface area (Å²) in [6.07, 6.45) is 1.57. The van der Waals surface area contributed by atoms with Gasteiger partial charge in [-0.15, -0.1) is 11.3 Å². The fourth-order valence-electron chi connectivity index (χ4n) is 3.18. The van der Waals surface area contributed by atoms with Gasteiger partial charge in [0.15, 0.2) is 5.82 Å². The Morgan fingerprint density at radius 2 is 1.85 bits per heavy atom. The Kier molecular flexibility index (Phi) is 4.42. The normalized spacial score (nSPS) is 14.7. The molecule has 0 saturated carbocycles. The van der Waals surface area contributed by atoms with Crippen LogP contribution >= 0.6 is 11.3 Å². The van der Waals surface area contributed by atoms with E-state index in [1.807, 2.05) is 53.1 Å². The van der Waals surface area contributed by atoms with Gasteiger partial charge in [0.2, 0.25) is 0 Å². The third kappa shape index (κ3) is 3.20. The number of thiophene rings is 1. The molecule has 0 aliphatic carbocycles. The topological polar surface area (TPSA) is 67.2 Å². The van der Waals surface area contributed by atoms with Gasteiger partial charge >= 0.3 is 0 Å². The number of hydrogen-bond donors (Lipinski definition) is 0.